The fourth-order valence-corrected chi connectivity index (χ4v) is 3.74. The minimum Gasteiger partial charge on any atom is -0.387 e. The van der Waals surface area contributed by atoms with Gasteiger partial charge in [-0.05, 0) is 68.1 Å². The SMILES string of the molecule is O=C(CN(C[C@@H](O)c1ccc(F)cc1)C1CC1)NC(C1CC1)C1CC1. The molecule has 0 heterocycles. The second kappa shape index (κ2) is 7.04. The molecule has 0 saturated heterocycles. The third-order valence-electron chi connectivity index (χ3n) is 5.66. The maximum atomic E-state index is 13.0. The number of carbonyl (C=O) groups excluding carboxylic acids is 1. The molecule has 4 nitrogen and oxygen atoms in total. The Kier molecular flexibility index (Phi) is 4.78. The second-order valence-corrected chi connectivity index (χ2v) is 8.00. The third-order valence-corrected chi connectivity index (χ3v) is 5.66. The number of aliphatic hydroxyl groups excluding tert-OH is 1. The standard InChI is InChI=1S/C20H27FN2O2/c21-16-7-5-13(6-8-16)18(24)11-23(17-9-10-17)12-19(25)22-20(14-1-2-14)15-3-4-15/h5-8,14-15,17-18,20,24H,1-4,9-12H2,(H,22,25)/t18-/m1/s1. The molecule has 3 fully saturated rings. The Morgan fingerprint density at radius 2 is 1.72 bits per heavy atom. The molecule has 5 heteroatoms. The molecule has 2 N–H and O–H groups in total. The predicted octanol–water partition coefficient (Wildman–Crippen LogP) is 2.63. The van der Waals surface area contributed by atoms with Gasteiger partial charge in [-0.3, -0.25) is 9.69 Å². The van der Waals surface area contributed by atoms with E-state index >= 15 is 0 Å². The van der Waals surface area contributed by atoms with Gasteiger partial charge in [0.1, 0.15) is 5.82 Å². The number of hydrogen-bond donors (Lipinski definition) is 2. The van der Waals surface area contributed by atoms with E-state index in [9.17, 15) is 14.3 Å². The Bertz CT molecular complexity index is 597. The molecule has 0 spiro atoms. The van der Waals surface area contributed by atoms with Crippen LogP contribution in [0.15, 0.2) is 24.3 Å². The highest BCUT2D eigenvalue weighted by molar-refractivity contribution is 5.78. The quantitative estimate of drug-likeness (QED) is 0.723. The zero-order valence-corrected chi connectivity index (χ0v) is 14.5. The average molecular weight is 346 g/mol. The van der Waals surface area contributed by atoms with Gasteiger partial charge in [0.15, 0.2) is 0 Å². The van der Waals surface area contributed by atoms with Gasteiger partial charge in [-0.2, -0.15) is 0 Å². The maximum absolute atomic E-state index is 13.0. The number of hydrogen-bond acceptors (Lipinski definition) is 3. The summed E-state index contributed by atoms with van der Waals surface area (Å²) < 4.78 is 13.0. The highest BCUT2D eigenvalue weighted by Crippen LogP contribution is 2.44. The fraction of sp³-hybridized carbons (Fsp3) is 0.650. The molecule has 0 unspecified atom stereocenters. The third kappa shape index (κ3) is 4.59. The summed E-state index contributed by atoms with van der Waals surface area (Å²) >= 11 is 0. The minimum absolute atomic E-state index is 0.0852. The second-order valence-electron chi connectivity index (χ2n) is 8.00. The van der Waals surface area contributed by atoms with E-state index in [2.05, 4.69) is 10.2 Å². The lowest BCUT2D eigenvalue weighted by Crippen LogP contribution is -2.45. The van der Waals surface area contributed by atoms with Crippen LogP contribution in [0.25, 0.3) is 0 Å². The Morgan fingerprint density at radius 3 is 2.24 bits per heavy atom. The summed E-state index contributed by atoms with van der Waals surface area (Å²) in [5.41, 5.74) is 0.696. The monoisotopic (exact) mass is 346 g/mol. The van der Waals surface area contributed by atoms with Gasteiger partial charge in [0.2, 0.25) is 5.91 Å². The van der Waals surface area contributed by atoms with Crippen LogP contribution in [0.2, 0.25) is 0 Å². The number of nitrogens with one attached hydrogen (secondary N) is 1. The van der Waals surface area contributed by atoms with E-state index < -0.39 is 6.10 Å². The maximum Gasteiger partial charge on any atom is 0.234 e. The van der Waals surface area contributed by atoms with Crippen molar-refractivity contribution in [3.05, 3.63) is 35.6 Å². The number of rotatable bonds is 9. The van der Waals surface area contributed by atoms with Gasteiger partial charge in [0.25, 0.3) is 0 Å². The van der Waals surface area contributed by atoms with Gasteiger partial charge in [0, 0.05) is 18.6 Å². The molecular formula is C20H27FN2O2. The first-order valence-electron chi connectivity index (χ1n) is 9.57. The summed E-state index contributed by atoms with van der Waals surface area (Å²) in [6, 6.07) is 6.71. The van der Waals surface area contributed by atoms with Crippen molar-refractivity contribution < 1.29 is 14.3 Å². The molecular weight excluding hydrogens is 319 g/mol. The summed E-state index contributed by atoms with van der Waals surface area (Å²) in [6.07, 6.45) is 6.45. The summed E-state index contributed by atoms with van der Waals surface area (Å²) in [5.74, 6) is 1.16. The van der Waals surface area contributed by atoms with Gasteiger partial charge in [-0.1, -0.05) is 12.1 Å². The van der Waals surface area contributed by atoms with Crippen molar-refractivity contribution in [2.45, 2.75) is 56.7 Å². The Hall–Kier alpha value is -1.46. The van der Waals surface area contributed by atoms with Crippen LogP contribution in [-0.2, 0) is 4.79 Å². The molecule has 1 amide bonds. The summed E-state index contributed by atoms with van der Waals surface area (Å²) in [6.45, 7) is 0.764. The molecule has 0 aromatic heterocycles. The van der Waals surface area contributed by atoms with Crippen LogP contribution in [0.3, 0.4) is 0 Å². The number of benzene rings is 1. The summed E-state index contributed by atoms with van der Waals surface area (Å²) in [4.78, 5) is 14.6. The van der Waals surface area contributed by atoms with Crippen LogP contribution in [0, 0.1) is 17.7 Å². The van der Waals surface area contributed by atoms with Gasteiger partial charge in [-0.15, -0.1) is 0 Å². The van der Waals surface area contributed by atoms with E-state index in [0.29, 0.717) is 42.6 Å². The lowest BCUT2D eigenvalue weighted by Gasteiger charge is -2.26. The normalized spacial score (nSPS) is 21.6. The molecule has 3 aliphatic carbocycles. The van der Waals surface area contributed by atoms with Crippen molar-refractivity contribution in [3.63, 3.8) is 0 Å². The van der Waals surface area contributed by atoms with Crippen LogP contribution in [-0.4, -0.2) is 41.1 Å². The van der Waals surface area contributed by atoms with Crippen molar-refractivity contribution in [2.24, 2.45) is 11.8 Å². The van der Waals surface area contributed by atoms with Gasteiger partial charge < -0.3 is 10.4 Å². The van der Waals surface area contributed by atoms with Crippen molar-refractivity contribution >= 4 is 5.91 Å². The molecule has 25 heavy (non-hydrogen) atoms. The van der Waals surface area contributed by atoms with Gasteiger partial charge in [-0.25, -0.2) is 4.39 Å². The molecule has 3 saturated carbocycles. The first-order valence-corrected chi connectivity index (χ1v) is 9.57. The molecule has 0 radical (unpaired) electrons. The molecule has 3 aliphatic rings. The van der Waals surface area contributed by atoms with E-state index in [-0.39, 0.29) is 11.7 Å². The largest absolute Gasteiger partial charge is 0.387 e. The topological polar surface area (TPSA) is 52.6 Å². The highest BCUT2D eigenvalue weighted by Gasteiger charge is 2.42. The van der Waals surface area contributed by atoms with Gasteiger partial charge >= 0.3 is 0 Å². The molecule has 1 aromatic carbocycles. The van der Waals surface area contributed by atoms with E-state index in [1.165, 1.54) is 37.8 Å². The van der Waals surface area contributed by atoms with E-state index in [1.54, 1.807) is 12.1 Å². The average Bonchev–Trinajstić information content (AvgIpc) is 3.47. The predicted molar refractivity (Wildman–Crippen MR) is 93.3 cm³/mol. The van der Waals surface area contributed by atoms with Crippen LogP contribution in [0.5, 0.6) is 0 Å². The zero-order chi connectivity index (χ0) is 17.4. The highest BCUT2D eigenvalue weighted by atomic mass is 19.1. The van der Waals surface area contributed by atoms with Crippen LogP contribution < -0.4 is 5.32 Å². The Morgan fingerprint density at radius 1 is 1.12 bits per heavy atom. The van der Waals surface area contributed by atoms with Gasteiger partial charge in [0.05, 0.1) is 12.6 Å². The van der Waals surface area contributed by atoms with Crippen molar-refractivity contribution in [1.29, 1.82) is 0 Å². The van der Waals surface area contributed by atoms with Crippen LogP contribution >= 0.6 is 0 Å². The molecule has 0 bridgehead atoms. The number of amides is 1. The number of aliphatic hydroxyl groups is 1. The number of halogens is 1. The lowest BCUT2D eigenvalue weighted by atomic mass is 10.1. The Balaban J connectivity index is 1.32. The van der Waals surface area contributed by atoms with Crippen LogP contribution in [0.4, 0.5) is 4.39 Å². The summed E-state index contributed by atoms with van der Waals surface area (Å²) in [7, 11) is 0. The van der Waals surface area contributed by atoms with E-state index in [4.69, 9.17) is 0 Å². The molecule has 4 rings (SSSR count). The number of carbonyl (C=O) groups is 1. The minimum atomic E-state index is -0.698. The fourth-order valence-electron chi connectivity index (χ4n) is 3.74. The zero-order valence-electron chi connectivity index (χ0n) is 14.5. The van der Waals surface area contributed by atoms with Crippen molar-refractivity contribution in [2.75, 3.05) is 13.1 Å². The van der Waals surface area contributed by atoms with E-state index in [0.717, 1.165) is 12.8 Å². The van der Waals surface area contributed by atoms with Crippen molar-refractivity contribution in [1.82, 2.24) is 10.2 Å². The van der Waals surface area contributed by atoms with E-state index in [1.807, 2.05) is 0 Å². The first kappa shape index (κ1) is 17.0. The Labute approximate surface area is 148 Å². The molecule has 136 valence electrons. The number of nitrogens with zero attached hydrogens (tertiary/aromatic N) is 1. The smallest absolute Gasteiger partial charge is 0.234 e. The first-order chi connectivity index (χ1) is 12.1. The molecule has 1 atom stereocenters. The molecule has 0 aliphatic heterocycles. The summed E-state index contributed by atoms with van der Waals surface area (Å²) in [5, 5.41) is 13.7. The lowest BCUT2D eigenvalue weighted by molar-refractivity contribution is -0.123. The van der Waals surface area contributed by atoms with Crippen molar-refractivity contribution in [3.8, 4) is 0 Å². The van der Waals surface area contributed by atoms with Crippen LogP contribution in [0.1, 0.15) is 50.2 Å². The molecule has 1 aromatic rings.